The van der Waals surface area contributed by atoms with Gasteiger partial charge in [-0.2, -0.15) is 0 Å². The lowest BCUT2D eigenvalue weighted by Crippen LogP contribution is -2.38. The van der Waals surface area contributed by atoms with Crippen LogP contribution in [0.5, 0.6) is 0 Å². The van der Waals surface area contributed by atoms with Gasteiger partial charge in [0.1, 0.15) is 0 Å². The van der Waals surface area contributed by atoms with Gasteiger partial charge in [0.2, 0.25) is 0 Å². The van der Waals surface area contributed by atoms with Crippen molar-refractivity contribution >= 4 is 12.0 Å². The average molecular weight is 262 g/mol. The largest absolute Gasteiger partial charge is 0.481 e. The molecular weight excluding hydrogens is 244 g/mol. The number of carbonyl (C=O) groups is 2. The number of amides is 2. The van der Waals surface area contributed by atoms with E-state index in [2.05, 4.69) is 5.32 Å². The number of nitrogens with one attached hydrogen (secondary N) is 1. The van der Waals surface area contributed by atoms with Gasteiger partial charge in [-0.25, -0.2) is 4.79 Å². The highest BCUT2D eigenvalue weighted by molar-refractivity contribution is 5.78. The topological polar surface area (TPSA) is 69.6 Å². The molecule has 1 aromatic rings. The van der Waals surface area contributed by atoms with Gasteiger partial charge in [0.25, 0.3) is 0 Å². The van der Waals surface area contributed by atoms with Gasteiger partial charge >= 0.3 is 12.0 Å². The van der Waals surface area contributed by atoms with Crippen LogP contribution in [0.25, 0.3) is 0 Å². The number of benzene rings is 1. The zero-order chi connectivity index (χ0) is 13.8. The number of urea groups is 1. The Morgan fingerprint density at radius 2 is 2.00 bits per heavy atom. The number of carboxylic acid groups (broad SMARTS) is 1. The fourth-order valence-electron chi connectivity index (χ4n) is 2.52. The molecular formula is C14H18N2O3. The van der Waals surface area contributed by atoms with Gasteiger partial charge in [-0.3, -0.25) is 4.79 Å². The summed E-state index contributed by atoms with van der Waals surface area (Å²) in [5, 5.41) is 12.0. The second kappa shape index (κ2) is 5.73. The summed E-state index contributed by atoms with van der Waals surface area (Å²) in [6.45, 7) is 3.11. The summed E-state index contributed by atoms with van der Waals surface area (Å²) in [6.07, 6.45) is 0. The summed E-state index contributed by atoms with van der Waals surface area (Å²) in [6, 6.07) is 9.33. The Bertz CT molecular complexity index is 461. The van der Waals surface area contributed by atoms with Crippen LogP contribution in [-0.2, 0) is 4.79 Å². The van der Waals surface area contributed by atoms with Gasteiger partial charge in [-0.05, 0) is 12.5 Å². The standard InChI is InChI=1S/C14H18N2O3/c1-2-15-14(19)16-8-11(12(9-16)13(17)18)10-6-4-3-5-7-10/h3-7,11-12H,2,8-9H2,1H3,(H,15,19)(H,17,18)/t11-,12+/m0/s1. The van der Waals surface area contributed by atoms with Gasteiger partial charge in [0, 0.05) is 25.6 Å². The van der Waals surface area contributed by atoms with Crippen molar-refractivity contribution in [3.8, 4) is 0 Å². The molecule has 0 aliphatic carbocycles. The Morgan fingerprint density at radius 3 is 2.58 bits per heavy atom. The minimum Gasteiger partial charge on any atom is -0.481 e. The number of carbonyl (C=O) groups excluding carboxylic acids is 1. The Balaban J connectivity index is 2.18. The highest BCUT2D eigenvalue weighted by Gasteiger charge is 2.40. The third kappa shape index (κ3) is 2.86. The Labute approximate surface area is 112 Å². The Kier molecular flexibility index (Phi) is 4.04. The zero-order valence-electron chi connectivity index (χ0n) is 10.9. The van der Waals surface area contributed by atoms with Gasteiger partial charge in [0.05, 0.1) is 5.92 Å². The van der Waals surface area contributed by atoms with E-state index in [-0.39, 0.29) is 18.5 Å². The highest BCUT2D eigenvalue weighted by atomic mass is 16.4. The predicted molar refractivity (Wildman–Crippen MR) is 71.0 cm³/mol. The molecule has 1 aliphatic rings. The summed E-state index contributed by atoms with van der Waals surface area (Å²) in [5.74, 6) is -1.52. The lowest BCUT2D eigenvalue weighted by molar-refractivity contribution is -0.141. The first-order chi connectivity index (χ1) is 9.13. The minimum atomic E-state index is -0.847. The summed E-state index contributed by atoms with van der Waals surface area (Å²) in [4.78, 5) is 24.7. The molecule has 5 heteroatoms. The maximum absolute atomic E-state index is 11.8. The molecule has 0 radical (unpaired) electrons. The minimum absolute atomic E-state index is 0.138. The van der Waals surface area contributed by atoms with Crippen LogP contribution in [0.15, 0.2) is 30.3 Å². The second-order valence-corrected chi connectivity index (χ2v) is 4.70. The van der Waals surface area contributed by atoms with Crippen LogP contribution >= 0.6 is 0 Å². The van der Waals surface area contributed by atoms with E-state index >= 15 is 0 Å². The molecule has 0 unspecified atom stereocenters. The SMILES string of the molecule is CCNC(=O)N1C[C@@H](C(=O)O)[C@H](c2ccccc2)C1. The summed E-state index contributed by atoms with van der Waals surface area (Å²) < 4.78 is 0. The van der Waals surface area contributed by atoms with E-state index in [4.69, 9.17) is 0 Å². The van der Waals surface area contributed by atoms with E-state index in [1.165, 1.54) is 0 Å². The van der Waals surface area contributed by atoms with E-state index in [0.717, 1.165) is 5.56 Å². The summed E-state index contributed by atoms with van der Waals surface area (Å²) in [5.41, 5.74) is 0.974. The van der Waals surface area contributed by atoms with Crippen LogP contribution in [0.4, 0.5) is 4.79 Å². The summed E-state index contributed by atoms with van der Waals surface area (Å²) in [7, 11) is 0. The van der Waals surface area contributed by atoms with E-state index in [1.54, 1.807) is 4.90 Å². The molecule has 19 heavy (non-hydrogen) atoms. The molecule has 1 aromatic carbocycles. The molecule has 1 saturated heterocycles. The normalized spacial score (nSPS) is 22.3. The fraction of sp³-hybridized carbons (Fsp3) is 0.429. The highest BCUT2D eigenvalue weighted by Crippen LogP contribution is 2.32. The third-order valence-electron chi connectivity index (χ3n) is 3.48. The van der Waals surface area contributed by atoms with Crippen molar-refractivity contribution in [1.29, 1.82) is 0 Å². The van der Waals surface area contributed by atoms with E-state index in [1.807, 2.05) is 37.3 Å². The van der Waals surface area contributed by atoms with Crippen LogP contribution < -0.4 is 5.32 Å². The molecule has 2 rings (SSSR count). The van der Waals surface area contributed by atoms with Gasteiger partial charge in [-0.1, -0.05) is 30.3 Å². The van der Waals surface area contributed by atoms with Crippen molar-refractivity contribution in [2.24, 2.45) is 5.92 Å². The first kappa shape index (κ1) is 13.4. The van der Waals surface area contributed by atoms with Crippen LogP contribution in [0.2, 0.25) is 0 Å². The molecule has 0 saturated carbocycles. The molecule has 0 spiro atoms. The number of hydrogen-bond acceptors (Lipinski definition) is 2. The van der Waals surface area contributed by atoms with Crippen molar-refractivity contribution in [1.82, 2.24) is 10.2 Å². The van der Waals surface area contributed by atoms with E-state index in [9.17, 15) is 14.7 Å². The van der Waals surface area contributed by atoms with Crippen molar-refractivity contribution in [3.63, 3.8) is 0 Å². The first-order valence-corrected chi connectivity index (χ1v) is 6.44. The monoisotopic (exact) mass is 262 g/mol. The van der Waals surface area contributed by atoms with Crippen LogP contribution in [0.3, 0.4) is 0 Å². The number of hydrogen-bond donors (Lipinski definition) is 2. The molecule has 2 amide bonds. The second-order valence-electron chi connectivity index (χ2n) is 4.70. The van der Waals surface area contributed by atoms with Crippen molar-refractivity contribution < 1.29 is 14.7 Å². The van der Waals surface area contributed by atoms with Crippen LogP contribution in [0, 0.1) is 5.92 Å². The fourth-order valence-corrected chi connectivity index (χ4v) is 2.52. The van der Waals surface area contributed by atoms with Crippen LogP contribution in [0.1, 0.15) is 18.4 Å². The molecule has 1 aliphatic heterocycles. The first-order valence-electron chi connectivity index (χ1n) is 6.44. The molecule has 0 aromatic heterocycles. The number of rotatable bonds is 3. The van der Waals surface area contributed by atoms with Crippen LogP contribution in [-0.4, -0.2) is 41.6 Å². The molecule has 2 N–H and O–H groups in total. The predicted octanol–water partition coefficient (Wildman–Crippen LogP) is 1.52. The number of likely N-dealkylation sites (tertiary alicyclic amines) is 1. The van der Waals surface area contributed by atoms with Gasteiger partial charge < -0.3 is 15.3 Å². The number of carboxylic acids is 1. The lowest BCUT2D eigenvalue weighted by Gasteiger charge is -2.16. The number of nitrogens with zero attached hydrogens (tertiary/aromatic N) is 1. The van der Waals surface area contributed by atoms with Crippen molar-refractivity contribution in [2.75, 3.05) is 19.6 Å². The number of aliphatic carboxylic acids is 1. The third-order valence-corrected chi connectivity index (χ3v) is 3.48. The van der Waals surface area contributed by atoms with Gasteiger partial charge in [0.15, 0.2) is 0 Å². The molecule has 102 valence electrons. The maximum atomic E-state index is 11.8. The van der Waals surface area contributed by atoms with Crippen molar-refractivity contribution in [2.45, 2.75) is 12.8 Å². The average Bonchev–Trinajstić information content (AvgIpc) is 2.85. The molecule has 1 heterocycles. The molecule has 0 bridgehead atoms. The molecule has 1 fully saturated rings. The lowest BCUT2D eigenvalue weighted by atomic mass is 9.89. The Hall–Kier alpha value is -2.04. The van der Waals surface area contributed by atoms with E-state index < -0.39 is 11.9 Å². The Morgan fingerprint density at radius 1 is 1.32 bits per heavy atom. The smallest absolute Gasteiger partial charge is 0.317 e. The molecule has 2 atom stereocenters. The zero-order valence-corrected chi connectivity index (χ0v) is 10.9. The quantitative estimate of drug-likeness (QED) is 0.867. The van der Waals surface area contributed by atoms with Gasteiger partial charge in [-0.15, -0.1) is 0 Å². The maximum Gasteiger partial charge on any atom is 0.317 e. The van der Waals surface area contributed by atoms with E-state index in [0.29, 0.717) is 13.1 Å². The summed E-state index contributed by atoms with van der Waals surface area (Å²) >= 11 is 0. The molecule has 5 nitrogen and oxygen atoms in total. The van der Waals surface area contributed by atoms with Crippen molar-refractivity contribution in [3.05, 3.63) is 35.9 Å².